The molecule has 0 aliphatic heterocycles. The lowest BCUT2D eigenvalue weighted by atomic mass is 10.1. The van der Waals surface area contributed by atoms with Crippen LogP contribution in [0.2, 0.25) is 0 Å². The van der Waals surface area contributed by atoms with Gasteiger partial charge in [0.25, 0.3) is 0 Å². The zero-order chi connectivity index (χ0) is 15.5. The van der Waals surface area contributed by atoms with E-state index in [1.165, 1.54) is 17.5 Å². The first-order chi connectivity index (χ1) is 9.88. The molecule has 0 aliphatic carbocycles. The van der Waals surface area contributed by atoms with Crippen molar-refractivity contribution in [3.05, 3.63) is 46.2 Å². The lowest BCUT2D eigenvalue weighted by molar-refractivity contribution is 0.0702. The fourth-order valence-electron chi connectivity index (χ4n) is 1.65. The first-order valence-corrected chi connectivity index (χ1v) is 8.34. The molecule has 6 nitrogen and oxygen atoms in total. The highest BCUT2D eigenvalue weighted by atomic mass is 32.2. The van der Waals surface area contributed by atoms with Crippen LogP contribution in [0.1, 0.15) is 15.2 Å². The molecule has 0 saturated carbocycles. The van der Waals surface area contributed by atoms with E-state index < -0.39 is 16.0 Å². The molecule has 1 aromatic heterocycles. The summed E-state index contributed by atoms with van der Waals surface area (Å²) in [4.78, 5) is 10.7. The Morgan fingerprint density at radius 2 is 1.90 bits per heavy atom. The molecule has 0 radical (unpaired) electrons. The average Bonchev–Trinajstić information content (AvgIpc) is 2.91. The molecule has 2 rings (SSSR count). The van der Waals surface area contributed by atoms with Crippen LogP contribution in [0.4, 0.5) is 0 Å². The van der Waals surface area contributed by atoms with Gasteiger partial charge in [-0.1, -0.05) is 12.1 Å². The summed E-state index contributed by atoms with van der Waals surface area (Å²) in [5.74, 6) is -0.996. The van der Waals surface area contributed by atoms with Crippen molar-refractivity contribution in [3.63, 3.8) is 0 Å². The SMILES string of the molecule is O=C(O)c1cc(S(=O)(=O)NCCc2ccc(O)cc2)cs1. The summed E-state index contributed by atoms with van der Waals surface area (Å²) in [7, 11) is -3.70. The number of hydrogen-bond donors (Lipinski definition) is 3. The van der Waals surface area contributed by atoms with Crippen molar-refractivity contribution >= 4 is 27.3 Å². The van der Waals surface area contributed by atoms with Gasteiger partial charge in [-0.3, -0.25) is 0 Å². The van der Waals surface area contributed by atoms with E-state index in [0.717, 1.165) is 23.0 Å². The van der Waals surface area contributed by atoms with Crippen molar-refractivity contribution < 1.29 is 23.4 Å². The highest BCUT2D eigenvalue weighted by Gasteiger charge is 2.17. The largest absolute Gasteiger partial charge is 0.508 e. The lowest BCUT2D eigenvalue weighted by Crippen LogP contribution is -2.25. The minimum Gasteiger partial charge on any atom is -0.508 e. The van der Waals surface area contributed by atoms with Gasteiger partial charge in [0.1, 0.15) is 10.6 Å². The van der Waals surface area contributed by atoms with Gasteiger partial charge in [0.2, 0.25) is 10.0 Å². The number of nitrogens with one attached hydrogen (secondary N) is 1. The van der Waals surface area contributed by atoms with E-state index in [-0.39, 0.29) is 22.1 Å². The fraction of sp³-hybridized carbons (Fsp3) is 0.154. The van der Waals surface area contributed by atoms with Crippen molar-refractivity contribution in [1.82, 2.24) is 4.72 Å². The van der Waals surface area contributed by atoms with Crippen LogP contribution in [-0.2, 0) is 16.4 Å². The molecule has 0 fully saturated rings. The number of sulfonamides is 1. The zero-order valence-electron chi connectivity index (χ0n) is 10.8. The topological polar surface area (TPSA) is 104 Å². The fourth-order valence-corrected chi connectivity index (χ4v) is 3.79. The van der Waals surface area contributed by atoms with Crippen molar-refractivity contribution in [2.45, 2.75) is 11.3 Å². The average molecular weight is 327 g/mol. The Morgan fingerprint density at radius 3 is 2.48 bits per heavy atom. The van der Waals surface area contributed by atoms with Crippen molar-refractivity contribution in [3.8, 4) is 5.75 Å². The third-order valence-corrected chi connectivity index (χ3v) is 5.25. The quantitative estimate of drug-likeness (QED) is 0.749. The first-order valence-electron chi connectivity index (χ1n) is 5.98. The van der Waals surface area contributed by atoms with Crippen molar-refractivity contribution in [2.75, 3.05) is 6.54 Å². The molecule has 2 aromatic rings. The smallest absolute Gasteiger partial charge is 0.345 e. The maximum absolute atomic E-state index is 12.0. The summed E-state index contributed by atoms with van der Waals surface area (Å²) in [5.41, 5.74) is 0.882. The number of phenols is 1. The van der Waals surface area contributed by atoms with Crippen LogP contribution in [0.3, 0.4) is 0 Å². The van der Waals surface area contributed by atoms with Crippen LogP contribution in [0.15, 0.2) is 40.6 Å². The normalized spacial score (nSPS) is 11.4. The van der Waals surface area contributed by atoms with Gasteiger partial charge in [0.05, 0.1) is 4.90 Å². The molecule has 0 aliphatic rings. The van der Waals surface area contributed by atoms with E-state index >= 15 is 0 Å². The number of carboxylic acid groups (broad SMARTS) is 1. The summed E-state index contributed by atoms with van der Waals surface area (Å²) >= 11 is 0.869. The third kappa shape index (κ3) is 4.03. The summed E-state index contributed by atoms with van der Waals surface area (Å²) in [6, 6.07) is 7.60. The molecular weight excluding hydrogens is 314 g/mol. The number of thiophene rings is 1. The number of rotatable bonds is 6. The second kappa shape index (κ2) is 6.25. The van der Waals surface area contributed by atoms with Gasteiger partial charge < -0.3 is 10.2 Å². The maximum Gasteiger partial charge on any atom is 0.345 e. The molecule has 0 bridgehead atoms. The molecule has 8 heteroatoms. The van der Waals surface area contributed by atoms with E-state index in [9.17, 15) is 13.2 Å². The third-order valence-electron chi connectivity index (χ3n) is 2.74. The molecule has 0 amide bonds. The van der Waals surface area contributed by atoms with E-state index in [2.05, 4.69) is 4.72 Å². The van der Waals surface area contributed by atoms with Crippen molar-refractivity contribution in [1.29, 1.82) is 0 Å². The van der Waals surface area contributed by atoms with Gasteiger partial charge in [-0.25, -0.2) is 17.9 Å². The molecule has 0 spiro atoms. The summed E-state index contributed by atoms with van der Waals surface area (Å²) in [5, 5.41) is 19.2. The molecule has 3 N–H and O–H groups in total. The van der Waals surface area contributed by atoms with E-state index in [0.29, 0.717) is 6.42 Å². The molecule has 1 aromatic carbocycles. The van der Waals surface area contributed by atoms with Crippen LogP contribution in [0.25, 0.3) is 0 Å². The first kappa shape index (κ1) is 15.5. The highest BCUT2D eigenvalue weighted by molar-refractivity contribution is 7.89. The van der Waals surface area contributed by atoms with Gasteiger partial charge in [-0.15, -0.1) is 11.3 Å². The van der Waals surface area contributed by atoms with Crippen LogP contribution >= 0.6 is 11.3 Å². The van der Waals surface area contributed by atoms with Gasteiger partial charge in [0.15, 0.2) is 0 Å². The van der Waals surface area contributed by atoms with Crippen molar-refractivity contribution in [2.24, 2.45) is 0 Å². The summed E-state index contributed by atoms with van der Waals surface area (Å²) in [6.45, 7) is 0.186. The molecule has 0 atom stereocenters. The standard InChI is InChI=1S/C13H13NO5S2/c15-10-3-1-9(2-4-10)5-6-14-21(18,19)11-7-12(13(16)17)20-8-11/h1-4,7-8,14-15H,5-6H2,(H,16,17). The Bertz CT molecular complexity index is 734. The van der Waals surface area contributed by atoms with Gasteiger partial charge in [0, 0.05) is 11.9 Å². The van der Waals surface area contributed by atoms with E-state index in [1.807, 2.05) is 0 Å². The minimum absolute atomic E-state index is 0.0195. The second-order valence-electron chi connectivity index (χ2n) is 4.27. The Hall–Kier alpha value is -1.90. The molecule has 0 saturated heterocycles. The minimum atomic E-state index is -3.70. The van der Waals surface area contributed by atoms with E-state index in [4.69, 9.17) is 10.2 Å². The second-order valence-corrected chi connectivity index (χ2v) is 6.94. The molecule has 112 valence electrons. The molecule has 0 unspecified atom stereocenters. The summed E-state index contributed by atoms with van der Waals surface area (Å²) in [6.07, 6.45) is 0.468. The Balaban J connectivity index is 1.97. The summed E-state index contributed by atoms with van der Waals surface area (Å²) < 4.78 is 26.4. The van der Waals surface area contributed by atoms with Crippen LogP contribution in [0, 0.1) is 0 Å². The van der Waals surface area contributed by atoms with Crippen LogP contribution in [0.5, 0.6) is 5.75 Å². The zero-order valence-corrected chi connectivity index (χ0v) is 12.4. The predicted octanol–water partition coefficient (Wildman–Crippen LogP) is 1.67. The van der Waals surface area contributed by atoms with Gasteiger partial charge in [-0.05, 0) is 30.2 Å². The molecule has 1 heterocycles. The van der Waals surface area contributed by atoms with E-state index in [1.54, 1.807) is 12.1 Å². The number of hydrogen-bond acceptors (Lipinski definition) is 5. The predicted molar refractivity (Wildman–Crippen MR) is 78.3 cm³/mol. The van der Waals surface area contributed by atoms with Crippen LogP contribution < -0.4 is 4.72 Å². The number of carboxylic acids is 1. The number of aromatic hydroxyl groups is 1. The monoisotopic (exact) mass is 327 g/mol. The highest BCUT2D eigenvalue weighted by Crippen LogP contribution is 2.19. The van der Waals surface area contributed by atoms with Crippen LogP contribution in [-0.4, -0.2) is 31.1 Å². The van der Waals surface area contributed by atoms with Gasteiger partial charge in [-0.2, -0.15) is 0 Å². The Kier molecular flexibility index (Phi) is 4.61. The van der Waals surface area contributed by atoms with Gasteiger partial charge >= 0.3 is 5.97 Å². The Labute approximate surface area is 125 Å². The maximum atomic E-state index is 12.0. The molecular formula is C13H13NO5S2. The number of carbonyl (C=O) groups is 1. The molecule has 21 heavy (non-hydrogen) atoms. The number of phenolic OH excluding ortho intramolecular Hbond substituents is 1. The number of benzene rings is 1. The Morgan fingerprint density at radius 1 is 1.24 bits per heavy atom. The lowest BCUT2D eigenvalue weighted by Gasteiger charge is -2.05. The number of aromatic carboxylic acids is 1.